The maximum absolute atomic E-state index is 9.57. The molecule has 1 aliphatic heterocycles. The third-order valence-electron chi connectivity index (χ3n) is 4.37. The lowest BCUT2D eigenvalue weighted by atomic mass is 9.90. The van der Waals surface area contributed by atoms with Gasteiger partial charge in [-0.2, -0.15) is 0 Å². The molecule has 4 nitrogen and oxygen atoms in total. The first kappa shape index (κ1) is 12.6. The number of piperidine rings is 1. The van der Waals surface area contributed by atoms with E-state index in [0.717, 1.165) is 32.0 Å². The molecule has 0 aromatic heterocycles. The summed E-state index contributed by atoms with van der Waals surface area (Å²) in [5, 5.41) is 9.57. The first-order valence-corrected chi connectivity index (χ1v) is 7.21. The van der Waals surface area contributed by atoms with Gasteiger partial charge >= 0.3 is 0 Å². The second-order valence-corrected chi connectivity index (χ2v) is 5.66. The molecule has 104 valence electrons. The number of rotatable bonds is 3. The minimum Gasteiger partial charge on any atom is -0.506 e. The monoisotopic (exact) mass is 262 g/mol. The van der Waals surface area contributed by atoms with E-state index < -0.39 is 0 Å². The van der Waals surface area contributed by atoms with Crippen molar-refractivity contribution in [1.29, 1.82) is 0 Å². The number of phenolic OH excluding ortho intramolecular Hbond substituents is 1. The average molecular weight is 262 g/mol. The largest absolute Gasteiger partial charge is 0.506 e. The summed E-state index contributed by atoms with van der Waals surface area (Å²) in [7, 11) is 0. The first-order chi connectivity index (χ1) is 9.22. The number of benzene rings is 1. The Kier molecular flexibility index (Phi) is 3.51. The normalized spacial score (nSPS) is 22.1. The Labute approximate surface area is 114 Å². The van der Waals surface area contributed by atoms with E-state index in [4.69, 9.17) is 10.5 Å². The van der Waals surface area contributed by atoms with Gasteiger partial charge in [-0.1, -0.05) is 6.42 Å². The van der Waals surface area contributed by atoms with Gasteiger partial charge in [-0.15, -0.1) is 0 Å². The van der Waals surface area contributed by atoms with Gasteiger partial charge in [-0.25, -0.2) is 0 Å². The van der Waals surface area contributed by atoms with Gasteiger partial charge in [0.2, 0.25) is 0 Å². The lowest BCUT2D eigenvalue weighted by molar-refractivity contribution is 0.0493. The number of phenols is 1. The van der Waals surface area contributed by atoms with Crippen LogP contribution in [0.25, 0.3) is 0 Å². The van der Waals surface area contributed by atoms with Crippen molar-refractivity contribution in [3.8, 4) is 11.5 Å². The summed E-state index contributed by atoms with van der Waals surface area (Å²) < 4.78 is 5.93. The number of ether oxygens (including phenoxy) is 1. The van der Waals surface area contributed by atoms with Gasteiger partial charge in [0.1, 0.15) is 17.6 Å². The van der Waals surface area contributed by atoms with E-state index in [1.165, 1.54) is 19.3 Å². The van der Waals surface area contributed by atoms with E-state index in [9.17, 15) is 5.11 Å². The second kappa shape index (κ2) is 5.29. The third-order valence-corrected chi connectivity index (χ3v) is 4.37. The maximum atomic E-state index is 9.57. The van der Waals surface area contributed by atoms with Crippen molar-refractivity contribution in [2.45, 2.75) is 44.2 Å². The number of nitrogen functional groups attached to an aromatic ring is 1. The molecular weight excluding hydrogens is 240 g/mol. The van der Waals surface area contributed by atoms with Crippen molar-refractivity contribution in [2.24, 2.45) is 0 Å². The van der Waals surface area contributed by atoms with Crippen LogP contribution in [-0.4, -0.2) is 35.2 Å². The molecule has 1 aromatic carbocycles. The Morgan fingerprint density at radius 3 is 2.47 bits per heavy atom. The molecule has 2 fully saturated rings. The molecular formula is C15H22N2O2. The fourth-order valence-corrected chi connectivity index (χ4v) is 2.90. The van der Waals surface area contributed by atoms with Crippen molar-refractivity contribution < 1.29 is 9.84 Å². The predicted molar refractivity (Wildman–Crippen MR) is 75.4 cm³/mol. The number of likely N-dealkylation sites (tertiary alicyclic amines) is 1. The molecule has 1 saturated heterocycles. The lowest BCUT2D eigenvalue weighted by Gasteiger charge is -2.41. The highest BCUT2D eigenvalue weighted by molar-refractivity contribution is 5.54. The Hall–Kier alpha value is -1.42. The summed E-state index contributed by atoms with van der Waals surface area (Å²) in [6.07, 6.45) is 6.54. The minimum atomic E-state index is 0.101. The quantitative estimate of drug-likeness (QED) is 0.648. The SMILES string of the molecule is Nc1ccc(OC2CCN(C3CCC3)CC2)cc1O. The van der Waals surface area contributed by atoms with Crippen molar-refractivity contribution in [1.82, 2.24) is 4.90 Å². The number of anilines is 1. The fourth-order valence-electron chi connectivity index (χ4n) is 2.90. The van der Waals surface area contributed by atoms with E-state index in [1.807, 2.05) is 6.07 Å². The summed E-state index contributed by atoms with van der Waals surface area (Å²) in [5.74, 6) is 0.818. The molecule has 0 amide bonds. The van der Waals surface area contributed by atoms with Crippen molar-refractivity contribution in [3.63, 3.8) is 0 Å². The van der Waals surface area contributed by atoms with E-state index >= 15 is 0 Å². The topological polar surface area (TPSA) is 58.7 Å². The number of nitrogens with zero attached hydrogens (tertiary/aromatic N) is 1. The molecule has 0 bridgehead atoms. The fraction of sp³-hybridized carbons (Fsp3) is 0.600. The highest BCUT2D eigenvalue weighted by Crippen LogP contribution is 2.30. The number of nitrogens with two attached hydrogens (primary N) is 1. The smallest absolute Gasteiger partial charge is 0.142 e. The summed E-state index contributed by atoms with van der Waals surface area (Å²) in [6, 6.07) is 5.95. The van der Waals surface area contributed by atoms with Crippen LogP contribution in [0.4, 0.5) is 5.69 Å². The van der Waals surface area contributed by atoms with Crippen molar-refractivity contribution in [2.75, 3.05) is 18.8 Å². The molecule has 1 saturated carbocycles. The molecule has 0 radical (unpaired) electrons. The predicted octanol–water partition coefficient (Wildman–Crippen LogP) is 2.37. The van der Waals surface area contributed by atoms with E-state index in [0.29, 0.717) is 11.4 Å². The van der Waals surface area contributed by atoms with Crippen LogP contribution in [0.5, 0.6) is 11.5 Å². The van der Waals surface area contributed by atoms with Crippen molar-refractivity contribution in [3.05, 3.63) is 18.2 Å². The summed E-state index contributed by atoms with van der Waals surface area (Å²) >= 11 is 0. The summed E-state index contributed by atoms with van der Waals surface area (Å²) in [4.78, 5) is 2.60. The van der Waals surface area contributed by atoms with Gasteiger partial charge in [-0.05, 0) is 37.8 Å². The van der Waals surface area contributed by atoms with E-state index in [2.05, 4.69) is 4.90 Å². The molecule has 0 atom stereocenters. The van der Waals surface area contributed by atoms with Crippen LogP contribution in [0.3, 0.4) is 0 Å². The van der Waals surface area contributed by atoms with Gasteiger partial charge in [0.25, 0.3) is 0 Å². The van der Waals surface area contributed by atoms with Crippen LogP contribution < -0.4 is 10.5 Å². The average Bonchev–Trinajstić information content (AvgIpc) is 2.34. The number of hydrogen-bond donors (Lipinski definition) is 2. The Morgan fingerprint density at radius 2 is 1.89 bits per heavy atom. The molecule has 1 heterocycles. The van der Waals surface area contributed by atoms with Crippen LogP contribution in [0, 0.1) is 0 Å². The zero-order valence-electron chi connectivity index (χ0n) is 11.2. The molecule has 3 N–H and O–H groups in total. The summed E-state index contributed by atoms with van der Waals surface area (Å²) in [6.45, 7) is 2.27. The maximum Gasteiger partial charge on any atom is 0.142 e. The van der Waals surface area contributed by atoms with Crippen molar-refractivity contribution >= 4 is 5.69 Å². The van der Waals surface area contributed by atoms with Crippen LogP contribution in [-0.2, 0) is 0 Å². The number of hydrogen-bond acceptors (Lipinski definition) is 4. The van der Waals surface area contributed by atoms with Gasteiger partial charge < -0.3 is 20.5 Å². The van der Waals surface area contributed by atoms with Crippen LogP contribution in [0.1, 0.15) is 32.1 Å². The highest BCUT2D eigenvalue weighted by Gasteiger charge is 2.29. The second-order valence-electron chi connectivity index (χ2n) is 5.66. The molecule has 2 aliphatic rings. The Bertz CT molecular complexity index is 438. The highest BCUT2D eigenvalue weighted by atomic mass is 16.5. The minimum absolute atomic E-state index is 0.101. The number of aromatic hydroxyl groups is 1. The molecule has 3 rings (SSSR count). The molecule has 0 spiro atoms. The molecule has 4 heteroatoms. The Balaban J connectivity index is 1.52. The lowest BCUT2D eigenvalue weighted by Crippen LogP contribution is -2.46. The summed E-state index contributed by atoms with van der Waals surface area (Å²) in [5.41, 5.74) is 5.98. The molecule has 1 aromatic rings. The van der Waals surface area contributed by atoms with E-state index in [1.54, 1.807) is 12.1 Å². The first-order valence-electron chi connectivity index (χ1n) is 7.21. The van der Waals surface area contributed by atoms with Crippen LogP contribution in [0.15, 0.2) is 18.2 Å². The van der Waals surface area contributed by atoms with Gasteiger partial charge in [-0.3, -0.25) is 0 Å². The van der Waals surface area contributed by atoms with E-state index in [-0.39, 0.29) is 11.9 Å². The van der Waals surface area contributed by atoms with Gasteiger partial charge in [0.05, 0.1) is 5.69 Å². The molecule has 19 heavy (non-hydrogen) atoms. The van der Waals surface area contributed by atoms with Crippen LogP contribution in [0.2, 0.25) is 0 Å². The van der Waals surface area contributed by atoms with Gasteiger partial charge in [0, 0.05) is 25.2 Å². The molecule has 1 aliphatic carbocycles. The Morgan fingerprint density at radius 1 is 1.16 bits per heavy atom. The zero-order chi connectivity index (χ0) is 13.2. The van der Waals surface area contributed by atoms with Crippen LogP contribution >= 0.6 is 0 Å². The van der Waals surface area contributed by atoms with Gasteiger partial charge in [0.15, 0.2) is 0 Å². The zero-order valence-corrected chi connectivity index (χ0v) is 11.2. The molecule has 0 unspecified atom stereocenters. The standard InChI is InChI=1S/C15H22N2O2/c16-14-5-4-13(10-15(14)18)19-12-6-8-17(9-7-12)11-2-1-3-11/h4-5,10-12,18H,1-3,6-9,16H2. The third kappa shape index (κ3) is 2.78.